The maximum atomic E-state index is 12.9. The van der Waals surface area contributed by atoms with Gasteiger partial charge in [-0.1, -0.05) is 37.6 Å². The summed E-state index contributed by atoms with van der Waals surface area (Å²) in [6.07, 6.45) is -1.49. The Kier molecular flexibility index (Phi) is 5.76. The zero-order chi connectivity index (χ0) is 19.8. The Labute approximate surface area is 152 Å². The van der Waals surface area contributed by atoms with Crippen LogP contribution in [-0.2, 0) is 10.2 Å². The van der Waals surface area contributed by atoms with Crippen molar-refractivity contribution in [1.82, 2.24) is 0 Å². The maximum absolute atomic E-state index is 12.9. The Morgan fingerprint density at radius 1 is 1.19 bits per heavy atom. The number of benzene rings is 1. The highest BCUT2D eigenvalue weighted by molar-refractivity contribution is 5.45. The van der Waals surface area contributed by atoms with Gasteiger partial charge in [0.15, 0.2) is 6.29 Å². The summed E-state index contributed by atoms with van der Waals surface area (Å²) >= 11 is 0. The van der Waals surface area contributed by atoms with E-state index in [1.54, 1.807) is 12.1 Å². The molecule has 26 heavy (non-hydrogen) atoms. The zero-order valence-electron chi connectivity index (χ0n) is 15.8. The van der Waals surface area contributed by atoms with Gasteiger partial charge in [0.25, 0.3) is 0 Å². The van der Waals surface area contributed by atoms with Crippen LogP contribution in [0.3, 0.4) is 0 Å². The number of hydrogen-bond donors (Lipinski definition) is 0. The topological polar surface area (TPSA) is 18.5 Å². The summed E-state index contributed by atoms with van der Waals surface area (Å²) in [5.41, 5.74) is 2.57. The van der Waals surface area contributed by atoms with Crippen LogP contribution >= 0.6 is 0 Å². The van der Waals surface area contributed by atoms with E-state index >= 15 is 0 Å². The molecule has 0 aromatic heterocycles. The third kappa shape index (κ3) is 4.40. The summed E-state index contributed by atoms with van der Waals surface area (Å²) in [4.78, 5) is 0. The van der Waals surface area contributed by atoms with Gasteiger partial charge in [-0.3, -0.25) is 0 Å². The number of allylic oxidation sites excluding steroid dienone is 2. The van der Waals surface area contributed by atoms with Crippen molar-refractivity contribution in [3.05, 3.63) is 41.5 Å². The third-order valence-electron chi connectivity index (χ3n) is 4.84. The van der Waals surface area contributed by atoms with Crippen LogP contribution in [0.25, 0.3) is 0 Å². The van der Waals surface area contributed by atoms with Gasteiger partial charge in [-0.05, 0) is 50.3 Å². The van der Waals surface area contributed by atoms with E-state index in [4.69, 9.17) is 9.47 Å². The van der Waals surface area contributed by atoms with E-state index in [1.807, 2.05) is 12.1 Å². The molecule has 0 saturated heterocycles. The molecule has 0 aliphatic heterocycles. The van der Waals surface area contributed by atoms with Crippen LogP contribution in [0.4, 0.5) is 17.6 Å². The number of halogens is 4. The fourth-order valence-corrected chi connectivity index (χ4v) is 3.32. The highest BCUT2D eigenvalue weighted by atomic mass is 19.3. The molecular weight excluding hydrogens is 348 g/mol. The Morgan fingerprint density at radius 3 is 2.15 bits per heavy atom. The van der Waals surface area contributed by atoms with Gasteiger partial charge in [0, 0.05) is 5.41 Å². The van der Waals surface area contributed by atoms with E-state index in [0.717, 1.165) is 12.0 Å². The predicted octanol–water partition coefficient (Wildman–Crippen LogP) is 5.96. The summed E-state index contributed by atoms with van der Waals surface area (Å²) in [5, 5.41) is 0. The Morgan fingerprint density at radius 2 is 1.73 bits per heavy atom. The highest BCUT2D eigenvalue weighted by Gasteiger charge is 2.60. The molecule has 0 radical (unpaired) electrons. The fraction of sp³-hybridized carbons (Fsp3) is 0.600. The van der Waals surface area contributed by atoms with Gasteiger partial charge in [0.1, 0.15) is 12.4 Å². The predicted molar refractivity (Wildman–Crippen MR) is 92.9 cm³/mol. The van der Waals surface area contributed by atoms with Crippen molar-refractivity contribution in [3.63, 3.8) is 0 Å². The van der Waals surface area contributed by atoms with E-state index in [0.29, 0.717) is 5.75 Å². The molecule has 2 rings (SSSR count). The first-order chi connectivity index (χ1) is 11.9. The average molecular weight is 374 g/mol. The molecule has 0 heterocycles. The Hall–Kier alpha value is -1.56. The van der Waals surface area contributed by atoms with Gasteiger partial charge in [-0.2, -0.15) is 8.78 Å². The molecular formula is C20H26F4O2. The van der Waals surface area contributed by atoms with Gasteiger partial charge in [0.2, 0.25) is 0 Å². The molecule has 1 aromatic carbocycles. The molecule has 0 spiro atoms. The average Bonchev–Trinajstić information content (AvgIpc) is 3.07. The van der Waals surface area contributed by atoms with Crippen LogP contribution in [0, 0.1) is 5.41 Å². The second-order valence-corrected chi connectivity index (χ2v) is 7.84. The van der Waals surface area contributed by atoms with Crippen LogP contribution in [0.5, 0.6) is 5.75 Å². The second kappa shape index (κ2) is 7.22. The smallest absolute Gasteiger partial charge is 0.330 e. The molecule has 2 nitrogen and oxygen atoms in total. The van der Waals surface area contributed by atoms with Gasteiger partial charge >= 0.3 is 12.3 Å². The Bertz CT molecular complexity index is 648. The fourth-order valence-electron chi connectivity index (χ4n) is 3.32. The van der Waals surface area contributed by atoms with E-state index < -0.39 is 25.2 Å². The van der Waals surface area contributed by atoms with Crippen molar-refractivity contribution >= 4 is 0 Å². The number of ether oxygens (including phenoxy) is 2. The minimum Gasteiger partial charge on any atom is -0.465 e. The second-order valence-electron chi connectivity index (χ2n) is 7.84. The van der Waals surface area contributed by atoms with Crippen LogP contribution in [-0.4, -0.2) is 25.2 Å². The molecule has 1 aliphatic carbocycles. The third-order valence-corrected chi connectivity index (χ3v) is 4.84. The lowest BCUT2D eigenvalue weighted by molar-refractivity contribution is -0.196. The molecule has 1 aromatic rings. The monoisotopic (exact) mass is 374 g/mol. The highest BCUT2D eigenvalue weighted by Crippen LogP contribution is 2.65. The zero-order valence-corrected chi connectivity index (χ0v) is 15.8. The lowest BCUT2D eigenvalue weighted by Crippen LogP contribution is -2.35. The van der Waals surface area contributed by atoms with Crippen molar-refractivity contribution < 1.29 is 27.0 Å². The van der Waals surface area contributed by atoms with Crippen molar-refractivity contribution in [2.45, 2.75) is 65.1 Å². The standard InChI is InChI=1S/C20H26F4O2/c1-13(2)10-19(11-18(19,4)5)15-6-8-16(9-7-15)26-14(3)25-12-20(23,24)17(21)22/h6-10,14,17H,11-12H2,1-5H3. The Balaban J connectivity index is 2.01. The van der Waals surface area contributed by atoms with Crippen LogP contribution < -0.4 is 4.74 Å². The van der Waals surface area contributed by atoms with Crippen LogP contribution in [0.2, 0.25) is 0 Å². The molecule has 0 N–H and O–H groups in total. The quantitative estimate of drug-likeness (QED) is 0.317. The molecule has 1 aliphatic rings. The lowest BCUT2D eigenvalue weighted by atomic mass is 9.86. The summed E-state index contributed by atoms with van der Waals surface area (Å²) in [5.74, 6) is -3.75. The summed E-state index contributed by atoms with van der Waals surface area (Å²) < 4.78 is 60.1. The van der Waals surface area contributed by atoms with Crippen LogP contribution in [0.15, 0.2) is 35.9 Å². The number of alkyl halides is 4. The molecule has 2 atom stereocenters. The molecule has 146 valence electrons. The van der Waals surface area contributed by atoms with Gasteiger partial charge in [0.05, 0.1) is 0 Å². The van der Waals surface area contributed by atoms with Gasteiger partial charge in [-0.15, -0.1) is 0 Å². The molecule has 1 saturated carbocycles. The maximum Gasteiger partial charge on any atom is 0.330 e. The summed E-state index contributed by atoms with van der Waals surface area (Å²) in [6, 6.07) is 7.39. The van der Waals surface area contributed by atoms with Gasteiger partial charge in [-0.25, -0.2) is 8.78 Å². The summed E-state index contributed by atoms with van der Waals surface area (Å²) in [6.45, 7) is 8.58. The first-order valence-electron chi connectivity index (χ1n) is 8.60. The molecule has 1 fully saturated rings. The minimum absolute atomic E-state index is 0.00813. The number of rotatable bonds is 8. The minimum atomic E-state index is -4.18. The van der Waals surface area contributed by atoms with E-state index in [1.165, 1.54) is 12.5 Å². The van der Waals surface area contributed by atoms with Crippen molar-refractivity contribution in [1.29, 1.82) is 0 Å². The number of hydrogen-bond acceptors (Lipinski definition) is 2. The molecule has 0 amide bonds. The molecule has 6 heteroatoms. The SMILES string of the molecule is CC(C)=CC1(c2ccc(OC(C)OCC(F)(F)C(F)F)cc2)CC1(C)C. The van der Waals surface area contributed by atoms with Crippen LogP contribution in [0.1, 0.15) is 46.6 Å². The first-order valence-corrected chi connectivity index (χ1v) is 8.60. The van der Waals surface area contributed by atoms with E-state index in [2.05, 4.69) is 33.8 Å². The largest absolute Gasteiger partial charge is 0.465 e. The molecule has 2 unspecified atom stereocenters. The van der Waals surface area contributed by atoms with Gasteiger partial charge < -0.3 is 9.47 Å². The first kappa shape index (κ1) is 20.7. The van der Waals surface area contributed by atoms with Crippen molar-refractivity contribution in [2.75, 3.05) is 6.61 Å². The lowest BCUT2D eigenvalue weighted by Gasteiger charge is -2.21. The van der Waals surface area contributed by atoms with Crippen molar-refractivity contribution in [3.8, 4) is 5.75 Å². The van der Waals surface area contributed by atoms with E-state index in [9.17, 15) is 17.6 Å². The molecule has 0 bridgehead atoms. The van der Waals surface area contributed by atoms with E-state index in [-0.39, 0.29) is 10.8 Å². The van der Waals surface area contributed by atoms with Crippen molar-refractivity contribution in [2.24, 2.45) is 5.41 Å². The normalized spacial score (nSPS) is 22.8. The summed E-state index contributed by atoms with van der Waals surface area (Å²) in [7, 11) is 0.